The van der Waals surface area contributed by atoms with Crippen LogP contribution < -0.4 is 0 Å². The van der Waals surface area contributed by atoms with Crippen molar-refractivity contribution < 1.29 is 29.7 Å². The minimum atomic E-state index is -1.37. The van der Waals surface area contributed by atoms with E-state index in [-0.39, 0.29) is 54.4 Å². The summed E-state index contributed by atoms with van der Waals surface area (Å²) in [7, 11) is 0. The molecule has 1 rings (SSSR count). The molecule has 0 saturated carbocycles. The third kappa shape index (κ3) is 3.48. The molecule has 82 valence electrons. The van der Waals surface area contributed by atoms with Crippen molar-refractivity contribution in [3.8, 4) is 0 Å². The number of hydrogen-bond donors (Lipinski definition) is 3. The monoisotopic (exact) mass is 252 g/mol. The summed E-state index contributed by atoms with van der Waals surface area (Å²) in [4.78, 5) is 31.7. The molecule has 0 aliphatic rings. The molecule has 3 N–H and O–H groups in total. The second kappa shape index (κ2) is 5.83. The Bertz CT molecular complexity index is 374. The van der Waals surface area contributed by atoms with E-state index in [2.05, 4.69) is 0 Å². The van der Waals surface area contributed by atoms with E-state index in [0.29, 0.717) is 0 Å². The third-order valence-electron chi connectivity index (χ3n) is 1.67. The first-order chi connectivity index (χ1) is 6.91. The Labute approximate surface area is 120 Å². The van der Waals surface area contributed by atoms with Crippen molar-refractivity contribution in [2.24, 2.45) is 0 Å². The van der Waals surface area contributed by atoms with Gasteiger partial charge in [-0.3, -0.25) is 0 Å². The predicted octanol–water partition coefficient (Wildman–Crippen LogP) is -0.135. The van der Waals surface area contributed by atoms with E-state index in [9.17, 15) is 14.4 Å². The van der Waals surface area contributed by atoms with Crippen LogP contribution in [0.2, 0.25) is 0 Å². The Morgan fingerprint density at radius 3 is 1.00 bits per heavy atom. The number of hydrogen-bond acceptors (Lipinski definition) is 3. The molecule has 0 heterocycles. The summed E-state index contributed by atoms with van der Waals surface area (Å²) >= 11 is 0. The molecule has 16 heavy (non-hydrogen) atoms. The summed E-state index contributed by atoms with van der Waals surface area (Å²) in [5.41, 5.74) is -1.10. The first kappa shape index (κ1) is 14.9. The molecule has 0 spiro atoms. The Balaban J connectivity index is 0.00000225. The van der Waals surface area contributed by atoms with Crippen LogP contribution >= 0.6 is 0 Å². The van der Waals surface area contributed by atoms with Gasteiger partial charge in [-0.2, -0.15) is 0 Å². The quantitative estimate of drug-likeness (QED) is 0.646. The Kier molecular flexibility index (Phi) is 5.43. The molecule has 0 atom stereocenters. The van der Waals surface area contributed by atoms with Gasteiger partial charge in [0.1, 0.15) is 0 Å². The zero-order chi connectivity index (χ0) is 11.6. The molecule has 1 aromatic carbocycles. The number of rotatable bonds is 3. The topological polar surface area (TPSA) is 112 Å². The Hall–Kier alpha value is -1.11. The predicted molar refractivity (Wildman–Crippen MR) is 55.9 cm³/mol. The molecule has 0 amide bonds. The van der Waals surface area contributed by atoms with Gasteiger partial charge in [-0.15, -0.1) is 0 Å². The van der Waals surface area contributed by atoms with Gasteiger partial charge in [0.25, 0.3) is 0 Å². The summed E-state index contributed by atoms with van der Waals surface area (Å²) in [6, 6.07) is 2.70. The molecular weight excluding hydrogens is 244 g/mol. The normalized spacial score (nSPS) is 9.00. The van der Waals surface area contributed by atoms with E-state index in [4.69, 9.17) is 15.3 Å². The van der Waals surface area contributed by atoms with Gasteiger partial charge in [-0.1, -0.05) is 0 Å². The fraction of sp³-hybridized carbons (Fsp3) is 0. The van der Waals surface area contributed by atoms with E-state index in [0.717, 1.165) is 18.2 Å². The Morgan fingerprint density at radius 2 is 0.875 bits per heavy atom. The summed E-state index contributed by atoms with van der Waals surface area (Å²) in [5.74, 6) is -4.12. The van der Waals surface area contributed by atoms with E-state index < -0.39 is 17.9 Å². The molecule has 7 heteroatoms. The third-order valence-corrected chi connectivity index (χ3v) is 1.67. The van der Waals surface area contributed by atoms with Gasteiger partial charge in [-0.25, -0.2) is 14.4 Å². The maximum absolute atomic E-state index is 10.6. The number of carboxylic acid groups (broad SMARTS) is 3. The van der Waals surface area contributed by atoms with Crippen LogP contribution in [0.25, 0.3) is 0 Å². The first-order valence-corrected chi connectivity index (χ1v) is 3.77. The fourth-order valence-electron chi connectivity index (χ4n) is 0.998. The summed E-state index contributed by atoms with van der Waals surface area (Å²) < 4.78 is 0. The van der Waals surface area contributed by atoms with Gasteiger partial charge in [0.05, 0.1) is 16.7 Å². The zero-order valence-electron chi connectivity index (χ0n) is 7.30. The zero-order valence-corrected chi connectivity index (χ0v) is 7.30. The summed E-state index contributed by atoms with van der Waals surface area (Å²) in [5, 5.41) is 25.8. The molecule has 1 aromatic rings. The molecule has 0 fully saturated rings. The molecular formula is C9H8CaO6. The van der Waals surface area contributed by atoms with Crippen LogP contribution in [0.15, 0.2) is 18.2 Å². The maximum atomic E-state index is 10.6. The molecule has 0 aliphatic heterocycles. The second-order valence-corrected chi connectivity index (χ2v) is 2.71. The van der Waals surface area contributed by atoms with Gasteiger partial charge in [-0.05, 0) is 18.2 Å². The summed E-state index contributed by atoms with van der Waals surface area (Å²) in [6.45, 7) is 0. The van der Waals surface area contributed by atoms with Crippen LogP contribution in [0.3, 0.4) is 0 Å². The van der Waals surface area contributed by atoms with E-state index in [1.54, 1.807) is 0 Å². The van der Waals surface area contributed by atoms with E-state index >= 15 is 0 Å². The minimum absolute atomic E-state index is 0. The second-order valence-electron chi connectivity index (χ2n) is 2.71. The van der Waals surface area contributed by atoms with Gasteiger partial charge >= 0.3 is 55.6 Å². The van der Waals surface area contributed by atoms with Crippen molar-refractivity contribution in [3.63, 3.8) is 0 Å². The fourth-order valence-corrected chi connectivity index (χ4v) is 0.998. The first-order valence-electron chi connectivity index (χ1n) is 3.77. The average Bonchev–Trinajstić information content (AvgIpc) is 2.16. The van der Waals surface area contributed by atoms with Crippen LogP contribution in [-0.2, 0) is 0 Å². The molecule has 0 unspecified atom stereocenters. The van der Waals surface area contributed by atoms with Gasteiger partial charge in [0.2, 0.25) is 0 Å². The average molecular weight is 252 g/mol. The number of aromatic carboxylic acids is 3. The molecule has 0 aliphatic carbocycles. The van der Waals surface area contributed by atoms with Gasteiger partial charge < -0.3 is 15.3 Å². The number of benzene rings is 1. The molecule has 0 radical (unpaired) electrons. The van der Waals surface area contributed by atoms with Crippen molar-refractivity contribution >= 4 is 55.6 Å². The van der Waals surface area contributed by atoms with Crippen molar-refractivity contribution in [2.45, 2.75) is 0 Å². The standard InChI is InChI=1S/C9H6O6.Ca.2H/c10-7(11)4-1-5(8(12)13)3-6(2-4)9(14)15;;;/h1-3H,(H,10,11)(H,12,13)(H,14,15);;;. The van der Waals surface area contributed by atoms with Gasteiger partial charge in [0, 0.05) is 0 Å². The van der Waals surface area contributed by atoms with Gasteiger partial charge in [0.15, 0.2) is 0 Å². The number of carbonyl (C=O) groups is 3. The van der Waals surface area contributed by atoms with Crippen LogP contribution in [0.4, 0.5) is 0 Å². The van der Waals surface area contributed by atoms with Crippen LogP contribution in [-0.4, -0.2) is 71.0 Å². The van der Waals surface area contributed by atoms with Crippen LogP contribution in [0.5, 0.6) is 0 Å². The molecule has 0 bridgehead atoms. The van der Waals surface area contributed by atoms with Crippen LogP contribution in [0, 0.1) is 0 Å². The summed E-state index contributed by atoms with van der Waals surface area (Å²) in [6.07, 6.45) is 0. The van der Waals surface area contributed by atoms with Crippen molar-refractivity contribution in [3.05, 3.63) is 34.9 Å². The van der Waals surface area contributed by atoms with E-state index in [1.807, 2.05) is 0 Å². The SMILES string of the molecule is O=C(O)c1cc(C(=O)O)cc(C(=O)O)c1.[CaH2]. The Morgan fingerprint density at radius 1 is 0.688 bits per heavy atom. The molecule has 6 nitrogen and oxygen atoms in total. The molecule has 0 saturated heterocycles. The van der Waals surface area contributed by atoms with Crippen molar-refractivity contribution in [1.29, 1.82) is 0 Å². The van der Waals surface area contributed by atoms with Crippen molar-refractivity contribution in [1.82, 2.24) is 0 Å². The van der Waals surface area contributed by atoms with Crippen molar-refractivity contribution in [2.75, 3.05) is 0 Å². The van der Waals surface area contributed by atoms with E-state index in [1.165, 1.54) is 0 Å². The number of carboxylic acids is 3. The van der Waals surface area contributed by atoms with Crippen LogP contribution in [0.1, 0.15) is 31.1 Å². The molecule has 0 aromatic heterocycles.